The number of nitrogens with one attached hydrogen (secondary N) is 1. The van der Waals surface area contributed by atoms with Crippen LogP contribution in [0.3, 0.4) is 0 Å². The van der Waals surface area contributed by atoms with Crippen LogP contribution in [0.4, 0.5) is 5.82 Å². The number of carbonyl (C=O) groups is 2. The molecule has 3 rings (SSSR count). The highest BCUT2D eigenvalue weighted by molar-refractivity contribution is 6.07. The maximum atomic E-state index is 12.1. The second kappa shape index (κ2) is 8.20. The summed E-state index contributed by atoms with van der Waals surface area (Å²) in [5, 5.41) is 28.0. The molecule has 0 saturated carbocycles. The summed E-state index contributed by atoms with van der Waals surface area (Å²) < 4.78 is 5.65. The molecule has 0 aliphatic heterocycles. The lowest BCUT2D eigenvalue weighted by Crippen LogP contribution is -2.24. The summed E-state index contributed by atoms with van der Waals surface area (Å²) in [6.45, 7) is 0.127. The average Bonchev–Trinajstić information content (AvgIpc) is 2.71. The molecule has 1 aromatic heterocycles. The number of H-pyrrole nitrogens is 1. The van der Waals surface area contributed by atoms with E-state index in [0.29, 0.717) is 16.9 Å². The summed E-state index contributed by atoms with van der Waals surface area (Å²) in [5.41, 5.74) is 4.42. The first-order valence-electron chi connectivity index (χ1n) is 8.57. The average molecular weight is 405 g/mol. The van der Waals surface area contributed by atoms with Gasteiger partial charge in [-0.05, 0) is 23.8 Å². The van der Waals surface area contributed by atoms with Crippen molar-refractivity contribution in [1.29, 1.82) is 5.26 Å². The molecule has 0 unspecified atom stereocenters. The number of anilines is 1. The lowest BCUT2D eigenvalue weighted by Gasteiger charge is -2.13. The van der Waals surface area contributed by atoms with Gasteiger partial charge in [-0.25, -0.2) is 9.59 Å². The van der Waals surface area contributed by atoms with Crippen LogP contribution in [0.15, 0.2) is 53.3 Å². The van der Waals surface area contributed by atoms with Gasteiger partial charge in [-0.1, -0.05) is 30.3 Å². The fraction of sp³-hybridized carbons (Fsp3) is 0.0476. The van der Waals surface area contributed by atoms with Crippen LogP contribution in [0.2, 0.25) is 0 Å². The number of nitrogens with zero attached hydrogens (tertiary/aromatic N) is 1. The zero-order valence-corrected chi connectivity index (χ0v) is 15.4. The Labute approximate surface area is 169 Å². The lowest BCUT2D eigenvalue weighted by molar-refractivity contribution is 0.0695. The van der Waals surface area contributed by atoms with Gasteiger partial charge in [0.25, 0.3) is 5.56 Å². The van der Waals surface area contributed by atoms with Gasteiger partial charge in [0.1, 0.15) is 29.3 Å². The first kappa shape index (κ1) is 20.2. The van der Waals surface area contributed by atoms with Crippen molar-refractivity contribution in [1.82, 2.24) is 4.98 Å². The molecule has 1 heterocycles. The molecular weight excluding hydrogens is 390 g/mol. The SMILES string of the molecule is N#Cc1ccccc1COc1ccc(-c2c(C(=O)O)c(N)[nH]c(=O)c2C(=O)O)cc1. The Morgan fingerprint density at radius 3 is 2.27 bits per heavy atom. The minimum atomic E-state index is -1.58. The highest BCUT2D eigenvalue weighted by Crippen LogP contribution is 2.30. The Balaban J connectivity index is 1.99. The summed E-state index contributed by atoms with van der Waals surface area (Å²) in [6.07, 6.45) is 0. The molecule has 0 aliphatic carbocycles. The number of carboxylic acid groups (broad SMARTS) is 2. The van der Waals surface area contributed by atoms with E-state index in [1.54, 1.807) is 24.3 Å². The monoisotopic (exact) mass is 405 g/mol. The van der Waals surface area contributed by atoms with E-state index in [1.165, 1.54) is 24.3 Å². The number of nitrogen functional groups attached to an aromatic ring is 1. The summed E-state index contributed by atoms with van der Waals surface area (Å²) >= 11 is 0. The minimum absolute atomic E-state index is 0.127. The number of rotatable bonds is 6. The summed E-state index contributed by atoms with van der Waals surface area (Å²) in [4.78, 5) is 37.4. The number of aromatic nitrogens is 1. The maximum absolute atomic E-state index is 12.1. The third kappa shape index (κ3) is 3.83. The summed E-state index contributed by atoms with van der Waals surface area (Å²) in [5.74, 6) is -3.10. The normalized spacial score (nSPS) is 10.2. The van der Waals surface area contributed by atoms with Crippen molar-refractivity contribution in [2.45, 2.75) is 6.61 Å². The quantitative estimate of drug-likeness (QED) is 0.485. The van der Waals surface area contributed by atoms with Crippen molar-refractivity contribution >= 4 is 17.8 Å². The highest BCUT2D eigenvalue weighted by Gasteiger charge is 2.26. The maximum Gasteiger partial charge on any atom is 0.342 e. The number of aromatic carboxylic acids is 2. The number of carboxylic acids is 2. The molecule has 9 heteroatoms. The van der Waals surface area contributed by atoms with E-state index in [2.05, 4.69) is 11.1 Å². The van der Waals surface area contributed by atoms with Gasteiger partial charge in [-0.15, -0.1) is 0 Å². The number of pyridine rings is 1. The lowest BCUT2D eigenvalue weighted by atomic mass is 9.95. The fourth-order valence-corrected chi connectivity index (χ4v) is 2.97. The topological polar surface area (TPSA) is 166 Å². The van der Waals surface area contributed by atoms with Crippen LogP contribution in [-0.2, 0) is 6.61 Å². The molecule has 0 fully saturated rings. The van der Waals surface area contributed by atoms with Gasteiger partial charge in [0.2, 0.25) is 0 Å². The van der Waals surface area contributed by atoms with Gasteiger partial charge in [0.15, 0.2) is 0 Å². The smallest absolute Gasteiger partial charge is 0.342 e. The predicted molar refractivity (Wildman–Crippen MR) is 106 cm³/mol. The largest absolute Gasteiger partial charge is 0.489 e. The van der Waals surface area contributed by atoms with Crippen molar-refractivity contribution < 1.29 is 24.5 Å². The molecule has 0 saturated heterocycles. The molecule has 30 heavy (non-hydrogen) atoms. The number of hydrogen-bond acceptors (Lipinski definition) is 6. The summed E-state index contributed by atoms with van der Waals surface area (Å²) in [6, 6.07) is 14.9. The third-order valence-electron chi connectivity index (χ3n) is 4.35. The van der Waals surface area contributed by atoms with Crippen LogP contribution in [0, 0.1) is 11.3 Å². The third-order valence-corrected chi connectivity index (χ3v) is 4.35. The number of ether oxygens (including phenoxy) is 1. The van der Waals surface area contributed by atoms with Crippen LogP contribution in [0.1, 0.15) is 31.8 Å². The van der Waals surface area contributed by atoms with Crippen molar-refractivity contribution in [2.75, 3.05) is 5.73 Å². The van der Waals surface area contributed by atoms with Crippen molar-refractivity contribution in [3.63, 3.8) is 0 Å². The Hall–Kier alpha value is -4.58. The van der Waals surface area contributed by atoms with E-state index in [1.807, 2.05) is 0 Å². The van der Waals surface area contributed by atoms with Gasteiger partial charge in [-0.3, -0.25) is 4.79 Å². The Bertz CT molecular complexity index is 1240. The molecule has 150 valence electrons. The number of hydrogen-bond donors (Lipinski definition) is 4. The standard InChI is InChI=1S/C21H15N3O6/c22-9-12-3-1-2-4-13(12)10-30-14-7-5-11(6-8-14)15-16(20(26)27)18(23)24-19(25)17(15)21(28)29/h1-8H,10H2,(H,26,27)(H,28,29)(H3,23,24,25). The molecule has 0 aliphatic rings. The van der Waals surface area contributed by atoms with Gasteiger partial charge >= 0.3 is 11.9 Å². The Morgan fingerprint density at radius 2 is 1.67 bits per heavy atom. The first-order valence-corrected chi connectivity index (χ1v) is 8.57. The fourth-order valence-electron chi connectivity index (χ4n) is 2.97. The Morgan fingerprint density at radius 1 is 1.03 bits per heavy atom. The molecule has 0 spiro atoms. The van der Waals surface area contributed by atoms with Gasteiger partial charge in [0, 0.05) is 11.1 Å². The second-order valence-electron chi connectivity index (χ2n) is 6.19. The van der Waals surface area contributed by atoms with E-state index in [9.17, 15) is 24.6 Å². The number of nitrogens with two attached hydrogens (primary N) is 1. The van der Waals surface area contributed by atoms with Gasteiger partial charge in [0.05, 0.1) is 11.6 Å². The molecule has 0 amide bonds. The van der Waals surface area contributed by atoms with Crippen LogP contribution in [0.5, 0.6) is 5.75 Å². The molecule has 2 aromatic carbocycles. The molecule has 0 bridgehead atoms. The number of nitriles is 1. The Kier molecular flexibility index (Phi) is 5.51. The second-order valence-corrected chi connectivity index (χ2v) is 6.19. The minimum Gasteiger partial charge on any atom is -0.489 e. The molecule has 5 N–H and O–H groups in total. The van der Waals surface area contributed by atoms with E-state index < -0.39 is 34.4 Å². The van der Waals surface area contributed by atoms with E-state index in [0.717, 1.165) is 0 Å². The van der Waals surface area contributed by atoms with Crippen LogP contribution in [-0.4, -0.2) is 27.1 Å². The molecule has 0 radical (unpaired) electrons. The molecule has 9 nitrogen and oxygen atoms in total. The number of aromatic amines is 1. The molecular formula is C21H15N3O6. The van der Waals surface area contributed by atoms with E-state index >= 15 is 0 Å². The zero-order valence-electron chi connectivity index (χ0n) is 15.4. The zero-order chi connectivity index (χ0) is 21.8. The van der Waals surface area contributed by atoms with Crippen molar-refractivity contribution in [3.8, 4) is 22.9 Å². The van der Waals surface area contributed by atoms with Crippen LogP contribution < -0.4 is 16.0 Å². The van der Waals surface area contributed by atoms with Crippen molar-refractivity contribution in [3.05, 3.63) is 81.1 Å². The number of benzene rings is 2. The summed E-state index contributed by atoms with van der Waals surface area (Å²) in [7, 11) is 0. The van der Waals surface area contributed by atoms with Gasteiger partial charge < -0.3 is 25.7 Å². The van der Waals surface area contributed by atoms with Crippen LogP contribution >= 0.6 is 0 Å². The van der Waals surface area contributed by atoms with E-state index in [4.69, 9.17) is 15.7 Å². The van der Waals surface area contributed by atoms with Crippen molar-refractivity contribution in [2.24, 2.45) is 0 Å². The molecule has 0 atom stereocenters. The van der Waals surface area contributed by atoms with E-state index in [-0.39, 0.29) is 17.7 Å². The molecule has 3 aromatic rings. The predicted octanol–water partition coefficient (Wildman–Crippen LogP) is 2.47. The van der Waals surface area contributed by atoms with Crippen LogP contribution in [0.25, 0.3) is 11.1 Å². The highest BCUT2D eigenvalue weighted by atomic mass is 16.5. The first-order chi connectivity index (χ1) is 14.3. The van der Waals surface area contributed by atoms with Gasteiger partial charge in [-0.2, -0.15) is 5.26 Å².